The van der Waals surface area contributed by atoms with E-state index >= 15 is 0 Å². The molecule has 0 bridgehead atoms. The van der Waals surface area contributed by atoms with Crippen LogP contribution in [0.15, 0.2) is 29.4 Å². The number of hydrogen-bond donors (Lipinski definition) is 0. The highest BCUT2D eigenvalue weighted by Crippen LogP contribution is 2.38. The Labute approximate surface area is 83.4 Å². The summed E-state index contributed by atoms with van der Waals surface area (Å²) in [6.45, 7) is 2.02. The minimum atomic E-state index is -0.330. The third-order valence-corrected chi connectivity index (χ3v) is 2.97. The topological polar surface area (TPSA) is 48.8 Å². The molecule has 0 aliphatic heterocycles. The van der Waals surface area contributed by atoms with Crippen LogP contribution in [0.1, 0.15) is 30.9 Å². The van der Waals surface area contributed by atoms with Crippen molar-refractivity contribution in [2.45, 2.75) is 31.7 Å². The van der Waals surface area contributed by atoms with Gasteiger partial charge in [-0.3, -0.25) is 0 Å². The van der Waals surface area contributed by atoms with Crippen LogP contribution in [0.25, 0.3) is 10.4 Å². The molecule has 1 aliphatic rings. The zero-order valence-electron chi connectivity index (χ0n) is 8.27. The summed E-state index contributed by atoms with van der Waals surface area (Å²) in [5.41, 5.74) is 10.8. The van der Waals surface area contributed by atoms with Crippen LogP contribution in [0, 0.1) is 0 Å². The molecular formula is C11H13N3. The molecule has 1 unspecified atom stereocenters. The highest BCUT2D eigenvalue weighted by molar-refractivity contribution is 5.35. The van der Waals surface area contributed by atoms with Crippen molar-refractivity contribution >= 4 is 0 Å². The highest BCUT2D eigenvalue weighted by atomic mass is 15.2. The van der Waals surface area contributed by atoms with E-state index in [4.69, 9.17) is 5.53 Å². The molecule has 3 nitrogen and oxygen atoms in total. The Balaban J connectivity index is 2.54. The molecule has 1 aromatic carbocycles. The summed E-state index contributed by atoms with van der Waals surface area (Å²) in [4.78, 5) is 2.95. The molecule has 72 valence electrons. The van der Waals surface area contributed by atoms with Crippen LogP contribution in [0.2, 0.25) is 0 Å². The van der Waals surface area contributed by atoms with Gasteiger partial charge in [-0.15, -0.1) is 0 Å². The van der Waals surface area contributed by atoms with E-state index in [-0.39, 0.29) is 5.54 Å². The van der Waals surface area contributed by atoms with Crippen molar-refractivity contribution in [3.05, 3.63) is 45.8 Å². The Morgan fingerprint density at radius 2 is 2.21 bits per heavy atom. The molecule has 0 aromatic heterocycles. The van der Waals surface area contributed by atoms with Gasteiger partial charge in [-0.2, -0.15) is 0 Å². The fraction of sp³-hybridized carbons (Fsp3) is 0.455. The molecule has 0 saturated heterocycles. The second kappa shape index (κ2) is 3.35. The van der Waals surface area contributed by atoms with Gasteiger partial charge in [0.05, 0.1) is 5.54 Å². The van der Waals surface area contributed by atoms with E-state index in [0.29, 0.717) is 0 Å². The number of hydrogen-bond acceptors (Lipinski definition) is 1. The molecule has 14 heavy (non-hydrogen) atoms. The normalized spacial score (nSPS) is 24.9. The molecule has 0 heterocycles. The third kappa shape index (κ3) is 1.36. The lowest BCUT2D eigenvalue weighted by atomic mass is 9.78. The molecule has 0 N–H and O–H groups in total. The van der Waals surface area contributed by atoms with Crippen molar-refractivity contribution in [1.82, 2.24) is 0 Å². The second-order valence-corrected chi connectivity index (χ2v) is 3.97. The first-order chi connectivity index (χ1) is 6.76. The fourth-order valence-corrected chi connectivity index (χ4v) is 2.22. The summed E-state index contributed by atoms with van der Waals surface area (Å²) in [6.07, 6.45) is 3.16. The molecule has 2 rings (SSSR count). The van der Waals surface area contributed by atoms with Crippen LogP contribution in [0.4, 0.5) is 0 Å². The lowest BCUT2D eigenvalue weighted by Gasteiger charge is -2.31. The van der Waals surface area contributed by atoms with Gasteiger partial charge in [-0.25, -0.2) is 0 Å². The quantitative estimate of drug-likeness (QED) is 0.367. The van der Waals surface area contributed by atoms with Crippen LogP contribution < -0.4 is 0 Å². The van der Waals surface area contributed by atoms with Crippen molar-refractivity contribution < 1.29 is 0 Å². The Kier molecular flexibility index (Phi) is 2.18. The first kappa shape index (κ1) is 9.10. The van der Waals surface area contributed by atoms with Gasteiger partial charge in [-0.1, -0.05) is 29.4 Å². The summed E-state index contributed by atoms with van der Waals surface area (Å²) in [7, 11) is 0. The van der Waals surface area contributed by atoms with Gasteiger partial charge in [0.1, 0.15) is 0 Å². The molecule has 0 amide bonds. The van der Waals surface area contributed by atoms with E-state index in [9.17, 15) is 0 Å². The first-order valence-electron chi connectivity index (χ1n) is 4.91. The van der Waals surface area contributed by atoms with E-state index in [0.717, 1.165) is 19.3 Å². The van der Waals surface area contributed by atoms with Crippen molar-refractivity contribution in [3.8, 4) is 0 Å². The average molecular weight is 187 g/mol. The number of aryl methyl sites for hydroxylation is 1. The lowest BCUT2D eigenvalue weighted by Crippen LogP contribution is -2.24. The van der Waals surface area contributed by atoms with Gasteiger partial charge in [0.25, 0.3) is 0 Å². The molecule has 0 radical (unpaired) electrons. The number of rotatable bonds is 1. The maximum absolute atomic E-state index is 8.57. The molecule has 3 heteroatoms. The maximum Gasteiger partial charge on any atom is 0.0712 e. The predicted molar refractivity (Wildman–Crippen MR) is 55.9 cm³/mol. The van der Waals surface area contributed by atoms with E-state index in [1.54, 1.807) is 0 Å². The van der Waals surface area contributed by atoms with Crippen LogP contribution in [0.3, 0.4) is 0 Å². The largest absolute Gasteiger partial charge is 0.0828 e. The van der Waals surface area contributed by atoms with Crippen LogP contribution in [0.5, 0.6) is 0 Å². The monoisotopic (exact) mass is 187 g/mol. The molecule has 0 fully saturated rings. The van der Waals surface area contributed by atoms with Gasteiger partial charge in [0.15, 0.2) is 0 Å². The van der Waals surface area contributed by atoms with Gasteiger partial charge < -0.3 is 0 Å². The molecule has 0 spiro atoms. The summed E-state index contributed by atoms with van der Waals surface area (Å²) in [6, 6.07) is 8.25. The smallest absolute Gasteiger partial charge is 0.0712 e. The van der Waals surface area contributed by atoms with E-state index in [1.165, 1.54) is 11.1 Å². The number of azide groups is 1. The number of fused-ring (bicyclic) bond motifs is 1. The third-order valence-electron chi connectivity index (χ3n) is 2.97. The molecule has 1 aromatic rings. The SMILES string of the molecule is CC1(N=[N+]=[N-])CCCc2ccccc21. The Bertz CT molecular complexity index is 393. The zero-order valence-corrected chi connectivity index (χ0v) is 8.27. The summed E-state index contributed by atoms with van der Waals surface area (Å²) < 4.78 is 0. The van der Waals surface area contributed by atoms with Gasteiger partial charge in [0.2, 0.25) is 0 Å². The van der Waals surface area contributed by atoms with Crippen molar-refractivity contribution in [2.75, 3.05) is 0 Å². The van der Waals surface area contributed by atoms with E-state index in [1.807, 2.05) is 19.1 Å². The van der Waals surface area contributed by atoms with Crippen molar-refractivity contribution in [2.24, 2.45) is 5.11 Å². The minimum absolute atomic E-state index is 0.330. The van der Waals surface area contributed by atoms with Crippen LogP contribution in [-0.4, -0.2) is 0 Å². The Morgan fingerprint density at radius 1 is 1.43 bits per heavy atom. The second-order valence-electron chi connectivity index (χ2n) is 3.97. The Morgan fingerprint density at radius 3 is 3.00 bits per heavy atom. The summed E-state index contributed by atoms with van der Waals surface area (Å²) in [5, 5.41) is 3.94. The lowest BCUT2D eigenvalue weighted by molar-refractivity contribution is 0.408. The van der Waals surface area contributed by atoms with Crippen LogP contribution in [-0.2, 0) is 12.0 Å². The molecule has 0 saturated carbocycles. The van der Waals surface area contributed by atoms with E-state index in [2.05, 4.69) is 22.2 Å². The number of nitrogens with zero attached hydrogens (tertiary/aromatic N) is 3. The van der Waals surface area contributed by atoms with Crippen LogP contribution >= 0.6 is 0 Å². The maximum atomic E-state index is 8.57. The Hall–Kier alpha value is -1.47. The van der Waals surface area contributed by atoms with Gasteiger partial charge in [-0.05, 0) is 42.8 Å². The standard InChI is InChI=1S/C11H13N3/c1-11(13-14-12)8-4-6-9-5-2-3-7-10(9)11/h2-3,5,7H,4,6,8H2,1H3. The predicted octanol–water partition coefficient (Wildman–Crippen LogP) is 3.55. The summed E-state index contributed by atoms with van der Waals surface area (Å²) in [5.74, 6) is 0. The van der Waals surface area contributed by atoms with Gasteiger partial charge in [0, 0.05) is 4.91 Å². The first-order valence-corrected chi connectivity index (χ1v) is 4.91. The average Bonchev–Trinajstić information content (AvgIpc) is 2.19. The fourth-order valence-electron chi connectivity index (χ4n) is 2.22. The van der Waals surface area contributed by atoms with Gasteiger partial charge >= 0.3 is 0 Å². The zero-order chi connectivity index (χ0) is 10.0. The minimum Gasteiger partial charge on any atom is -0.0828 e. The summed E-state index contributed by atoms with van der Waals surface area (Å²) >= 11 is 0. The number of benzene rings is 1. The van der Waals surface area contributed by atoms with Crippen molar-refractivity contribution in [3.63, 3.8) is 0 Å². The van der Waals surface area contributed by atoms with Crippen molar-refractivity contribution in [1.29, 1.82) is 0 Å². The molecular weight excluding hydrogens is 174 g/mol. The molecule has 1 aliphatic carbocycles. The highest BCUT2D eigenvalue weighted by Gasteiger charge is 2.30. The van der Waals surface area contributed by atoms with E-state index < -0.39 is 0 Å². The molecule has 1 atom stereocenters.